The second kappa shape index (κ2) is 6.60. The molecule has 1 aromatic carbocycles. The standard InChI is InChI=1S/C13H19N3O3S/c1-9-5-6-10(16(18)19)7-11(9)15-12(17)14-8-13(2,3)20-4/h5-7H,8H2,1-4H3,(H2,14,15,17). The largest absolute Gasteiger partial charge is 0.336 e. The molecule has 0 saturated heterocycles. The Hall–Kier alpha value is -1.76. The average Bonchev–Trinajstić information content (AvgIpc) is 2.39. The monoisotopic (exact) mass is 297 g/mol. The SMILES string of the molecule is CSC(C)(C)CNC(=O)Nc1cc([N+](=O)[O-])ccc1C. The van der Waals surface area contributed by atoms with Crippen molar-refractivity contribution < 1.29 is 9.72 Å². The highest BCUT2D eigenvalue weighted by Crippen LogP contribution is 2.22. The molecule has 0 atom stereocenters. The summed E-state index contributed by atoms with van der Waals surface area (Å²) in [6, 6.07) is 4.01. The van der Waals surface area contributed by atoms with Crippen molar-refractivity contribution >= 4 is 29.2 Å². The number of urea groups is 1. The number of amides is 2. The first-order valence-corrected chi connectivity index (χ1v) is 7.33. The molecule has 2 amide bonds. The predicted octanol–water partition coefficient (Wildman–Crippen LogP) is 3.17. The number of nitrogens with one attached hydrogen (secondary N) is 2. The van der Waals surface area contributed by atoms with Crippen molar-refractivity contribution in [2.24, 2.45) is 0 Å². The molecule has 6 nitrogen and oxygen atoms in total. The number of carbonyl (C=O) groups is 1. The number of thioether (sulfide) groups is 1. The molecule has 0 aromatic heterocycles. The molecule has 0 radical (unpaired) electrons. The molecule has 1 aromatic rings. The molecule has 1 rings (SSSR count). The van der Waals surface area contributed by atoms with Crippen LogP contribution in [0.2, 0.25) is 0 Å². The van der Waals surface area contributed by atoms with E-state index in [-0.39, 0.29) is 16.5 Å². The molecule has 0 aliphatic heterocycles. The number of nitrogens with zero attached hydrogens (tertiary/aromatic N) is 1. The fourth-order valence-corrected chi connectivity index (χ4v) is 1.61. The fraction of sp³-hybridized carbons (Fsp3) is 0.462. The maximum absolute atomic E-state index is 11.8. The lowest BCUT2D eigenvalue weighted by atomic mass is 10.2. The van der Waals surface area contributed by atoms with Gasteiger partial charge in [0.15, 0.2) is 0 Å². The van der Waals surface area contributed by atoms with Crippen molar-refractivity contribution in [2.45, 2.75) is 25.5 Å². The smallest absolute Gasteiger partial charge is 0.319 e. The Morgan fingerprint density at radius 2 is 2.10 bits per heavy atom. The second-order valence-electron chi connectivity index (χ2n) is 5.03. The van der Waals surface area contributed by atoms with E-state index in [0.717, 1.165) is 5.56 Å². The third-order valence-corrected chi connectivity index (χ3v) is 4.16. The van der Waals surface area contributed by atoms with E-state index in [0.29, 0.717) is 12.2 Å². The van der Waals surface area contributed by atoms with Gasteiger partial charge in [0.05, 0.1) is 10.6 Å². The van der Waals surface area contributed by atoms with Crippen LogP contribution in [0.5, 0.6) is 0 Å². The summed E-state index contributed by atoms with van der Waals surface area (Å²) in [5.74, 6) is 0. The average molecular weight is 297 g/mol. The normalized spacial score (nSPS) is 11.0. The number of aryl methyl sites for hydroxylation is 1. The number of anilines is 1. The second-order valence-corrected chi connectivity index (χ2v) is 6.54. The molecule has 0 saturated carbocycles. The number of hydrogen-bond acceptors (Lipinski definition) is 4. The number of non-ortho nitro benzene ring substituents is 1. The lowest BCUT2D eigenvalue weighted by Gasteiger charge is -2.22. The third-order valence-electron chi connectivity index (χ3n) is 2.91. The molecule has 20 heavy (non-hydrogen) atoms. The highest BCUT2D eigenvalue weighted by molar-refractivity contribution is 7.99. The summed E-state index contributed by atoms with van der Waals surface area (Å²) >= 11 is 1.65. The lowest BCUT2D eigenvalue weighted by molar-refractivity contribution is -0.384. The van der Waals surface area contributed by atoms with E-state index in [1.807, 2.05) is 20.1 Å². The number of benzene rings is 1. The maximum Gasteiger partial charge on any atom is 0.319 e. The first-order chi connectivity index (χ1) is 9.25. The van der Waals surface area contributed by atoms with Crippen LogP contribution in [0.25, 0.3) is 0 Å². The third kappa shape index (κ3) is 4.73. The van der Waals surface area contributed by atoms with Crippen LogP contribution in [0.4, 0.5) is 16.2 Å². The zero-order chi connectivity index (χ0) is 15.3. The minimum absolute atomic E-state index is 0.0460. The molecular weight excluding hydrogens is 278 g/mol. The highest BCUT2D eigenvalue weighted by Gasteiger charge is 2.17. The van der Waals surface area contributed by atoms with Gasteiger partial charge in [0.2, 0.25) is 0 Å². The van der Waals surface area contributed by atoms with Crippen LogP contribution in [0.3, 0.4) is 0 Å². The van der Waals surface area contributed by atoms with Gasteiger partial charge in [-0.2, -0.15) is 11.8 Å². The van der Waals surface area contributed by atoms with Gasteiger partial charge in [-0.15, -0.1) is 0 Å². The van der Waals surface area contributed by atoms with Crippen molar-refractivity contribution in [3.63, 3.8) is 0 Å². The summed E-state index contributed by atoms with van der Waals surface area (Å²) in [6.45, 7) is 6.34. The molecule has 0 bridgehead atoms. The lowest BCUT2D eigenvalue weighted by Crippen LogP contribution is -2.38. The topological polar surface area (TPSA) is 84.3 Å². The maximum atomic E-state index is 11.8. The summed E-state index contributed by atoms with van der Waals surface area (Å²) < 4.78 is -0.0604. The van der Waals surface area contributed by atoms with Crippen LogP contribution >= 0.6 is 11.8 Å². The zero-order valence-corrected chi connectivity index (χ0v) is 12.8. The quantitative estimate of drug-likeness (QED) is 0.646. The van der Waals surface area contributed by atoms with Crippen LogP contribution in [-0.2, 0) is 0 Å². The minimum Gasteiger partial charge on any atom is -0.336 e. The highest BCUT2D eigenvalue weighted by atomic mass is 32.2. The van der Waals surface area contributed by atoms with Crippen molar-refractivity contribution in [2.75, 3.05) is 18.1 Å². The van der Waals surface area contributed by atoms with Gasteiger partial charge in [0.1, 0.15) is 0 Å². The number of rotatable bonds is 5. The molecule has 0 aliphatic carbocycles. The van der Waals surface area contributed by atoms with Gasteiger partial charge in [-0.25, -0.2) is 4.79 Å². The van der Waals surface area contributed by atoms with Crippen molar-refractivity contribution in [3.8, 4) is 0 Å². The summed E-state index contributed by atoms with van der Waals surface area (Å²) in [5.41, 5.74) is 1.17. The van der Waals surface area contributed by atoms with E-state index in [9.17, 15) is 14.9 Å². The van der Waals surface area contributed by atoms with E-state index < -0.39 is 4.92 Å². The van der Waals surface area contributed by atoms with E-state index in [1.54, 1.807) is 24.8 Å². The molecule has 0 spiro atoms. The Balaban J connectivity index is 2.71. The Morgan fingerprint density at radius 3 is 2.65 bits per heavy atom. The molecule has 7 heteroatoms. The first-order valence-electron chi connectivity index (χ1n) is 6.10. The number of nitro groups is 1. The van der Waals surface area contributed by atoms with Crippen LogP contribution in [0, 0.1) is 17.0 Å². The van der Waals surface area contributed by atoms with Gasteiger partial charge in [0.25, 0.3) is 5.69 Å². The van der Waals surface area contributed by atoms with E-state index >= 15 is 0 Å². The number of carbonyl (C=O) groups excluding carboxylic acids is 1. The summed E-state index contributed by atoms with van der Waals surface area (Å²) in [7, 11) is 0. The minimum atomic E-state index is -0.487. The Kier molecular flexibility index (Phi) is 5.38. The molecular formula is C13H19N3O3S. The van der Waals surface area contributed by atoms with E-state index in [1.165, 1.54) is 12.1 Å². The molecule has 110 valence electrons. The fourth-order valence-electron chi connectivity index (χ4n) is 1.39. The van der Waals surface area contributed by atoms with Gasteiger partial charge in [0, 0.05) is 23.4 Å². The van der Waals surface area contributed by atoms with E-state index in [2.05, 4.69) is 10.6 Å². The van der Waals surface area contributed by atoms with Gasteiger partial charge < -0.3 is 10.6 Å². The Bertz CT molecular complexity index is 518. The predicted molar refractivity (Wildman–Crippen MR) is 82.4 cm³/mol. The van der Waals surface area contributed by atoms with Crippen LogP contribution in [0.1, 0.15) is 19.4 Å². The van der Waals surface area contributed by atoms with Crippen molar-refractivity contribution in [3.05, 3.63) is 33.9 Å². The first kappa shape index (κ1) is 16.3. The van der Waals surface area contributed by atoms with E-state index in [4.69, 9.17) is 0 Å². The van der Waals surface area contributed by atoms with Crippen molar-refractivity contribution in [1.82, 2.24) is 5.32 Å². The Morgan fingerprint density at radius 1 is 1.45 bits per heavy atom. The Labute approximate surface area is 122 Å². The summed E-state index contributed by atoms with van der Waals surface area (Å²) in [5, 5.41) is 16.1. The van der Waals surface area contributed by atoms with Crippen LogP contribution in [0.15, 0.2) is 18.2 Å². The van der Waals surface area contributed by atoms with Crippen LogP contribution in [-0.4, -0.2) is 28.5 Å². The molecule has 2 N–H and O–H groups in total. The molecule has 0 heterocycles. The molecule has 0 unspecified atom stereocenters. The van der Waals surface area contributed by atoms with Crippen LogP contribution < -0.4 is 10.6 Å². The summed E-state index contributed by atoms with van der Waals surface area (Å²) in [4.78, 5) is 22.0. The van der Waals surface area contributed by atoms with Gasteiger partial charge in [-0.05, 0) is 32.6 Å². The summed E-state index contributed by atoms with van der Waals surface area (Å²) in [6.07, 6.45) is 1.98. The number of nitro benzene ring substituents is 1. The molecule has 0 fully saturated rings. The van der Waals surface area contributed by atoms with Gasteiger partial charge >= 0.3 is 6.03 Å². The zero-order valence-electron chi connectivity index (χ0n) is 12.0. The van der Waals surface area contributed by atoms with Crippen molar-refractivity contribution in [1.29, 1.82) is 0 Å². The number of hydrogen-bond donors (Lipinski definition) is 2. The van der Waals surface area contributed by atoms with Gasteiger partial charge in [-0.1, -0.05) is 6.07 Å². The van der Waals surface area contributed by atoms with Gasteiger partial charge in [-0.3, -0.25) is 10.1 Å². The molecule has 0 aliphatic rings.